The molecule has 0 radical (unpaired) electrons. The van der Waals surface area contributed by atoms with Crippen LogP contribution >= 0.6 is 0 Å². The maximum atomic E-state index is 13.4. The summed E-state index contributed by atoms with van der Waals surface area (Å²) in [6.07, 6.45) is 0.249. The summed E-state index contributed by atoms with van der Waals surface area (Å²) in [5.74, 6) is 0.186. The fourth-order valence-electron chi connectivity index (χ4n) is 4.23. The van der Waals surface area contributed by atoms with Gasteiger partial charge < -0.3 is 15.0 Å². The third-order valence-electron chi connectivity index (χ3n) is 5.85. The molecular weight excluding hydrogens is 404 g/mol. The lowest BCUT2D eigenvalue weighted by atomic mass is 9.71. The van der Waals surface area contributed by atoms with E-state index in [0.29, 0.717) is 23.4 Å². The normalized spacial score (nSPS) is 13.7. The van der Waals surface area contributed by atoms with E-state index < -0.39 is 5.41 Å². The number of nitriles is 1. The number of hydrogen-bond acceptors (Lipinski definition) is 5. The van der Waals surface area contributed by atoms with Gasteiger partial charge in [0.15, 0.2) is 12.4 Å². The summed E-state index contributed by atoms with van der Waals surface area (Å²) in [7, 11) is 0. The number of nitrogens with one attached hydrogen (secondary N) is 2. The summed E-state index contributed by atoms with van der Waals surface area (Å²) in [5.41, 5.74) is 4.49. The molecule has 0 aliphatic heterocycles. The van der Waals surface area contributed by atoms with E-state index in [2.05, 4.69) is 35.9 Å². The summed E-state index contributed by atoms with van der Waals surface area (Å²) in [6.45, 7) is 8.33. The first kappa shape index (κ1) is 21.3. The molecule has 1 amide bonds. The van der Waals surface area contributed by atoms with Gasteiger partial charge in [0, 0.05) is 34.1 Å². The van der Waals surface area contributed by atoms with Crippen LogP contribution in [0.2, 0.25) is 0 Å². The van der Waals surface area contributed by atoms with Gasteiger partial charge in [0.1, 0.15) is 5.75 Å². The van der Waals surface area contributed by atoms with Gasteiger partial charge in [0.05, 0.1) is 24.6 Å². The van der Waals surface area contributed by atoms with Crippen molar-refractivity contribution in [3.8, 4) is 11.8 Å². The van der Waals surface area contributed by atoms with Crippen molar-refractivity contribution >= 4 is 29.3 Å². The number of fused-ring (bicyclic) bond motifs is 4. The van der Waals surface area contributed by atoms with Crippen LogP contribution in [0.1, 0.15) is 53.0 Å². The summed E-state index contributed by atoms with van der Waals surface area (Å²) >= 11 is 0. The van der Waals surface area contributed by atoms with Crippen LogP contribution in [0.25, 0.3) is 10.9 Å². The predicted octanol–water partition coefficient (Wildman–Crippen LogP) is 3.65. The van der Waals surface area contributed by atoms with Gasteiger partial charge in [-0.1, -0.05) is 26.0 Å². The van der Waals surface area contributed by atoms with Crippen LogP contribution in [0.4, 0.5) is 0 Å². The van der Waals surface area contributed by atoms with Crippen molar-refractivity contribution in [2.45, 2.75) is 32.2 Å². The topological polar surface area (TPSA) is 107 Å². The quantitative estimate of drug-likeness (QED) is 0.442. The number of H-pyrrole nitrogens is 1. The molecule has 0 saturated carbocycles. The second-order valence-corrected chi connectivity index (χ2v) is 8.34. The van der Waals surface area contributed by atoms with Gasteiger partial charge in [-0.2, -0.15) is 5.26 Å². The van der Waals surface area contributed by atoms with Crippen LogP contribution in [0.15, 0.2) is 41.4 Å². The molecule has 0 spiro atoms. The number of aromatic amines is 1. The van der Waals surface area contributed by atoms with Crippen LogP contribution in [-0.2, 0) is 16.8 Å². The van der Waals surface area contributed by atoms with Crippen molar-refractivity contribution in [2.75, 3.05) is 13.2 Å². The summed E-state index contributed by atoms with van der Waals surface area (Å²) in [4.78, 5) is 32.7. The van der Waals surface area contributed by atoms with Crippen LogP contribution < -0.4 is 10.1 Å². The van der Waals surface area contributed by atoms with E-state index in [0.717, 1.165) is 27.7 Å². The molecule has 1 aromatic heterocycles. The highest BCUT2D eigenvalue weighted by Crippen LogP contribution is 2.44. The maximum absolute atomic E-state index is 13.4. The van der Waals surface area contributed by atoms with E-state index in [1.165, 1.54) is 0 Å². The van der Waals surface area contributed by atoms with Crippen molar-refractivity contribution < 1.29 is 14.3 Å². The minimum Gasteiger partial charge on any atom is -0.484 e. The Balaban J connectivity index is 1.66. The molecule has 7 heteroatoms. The van der Waals surface area contributed by atoms with Crippen molar-refractivity contribution in [1.82, 2.24) is 10.3 Å². The fourth-order valence-corrected chi connectivity index (χ4v) is 4.23. The van der Waals surface area contributed by atoms with E-state index in [4.69, 9.17) is 10.00 Å². The largest absolute Gasteiger partial charge is 0.484 e. The van der Waals surface area contributed by atoms with Crippen molar-refractivity contribution in [3.63, 3.8) is 0 Å². The van der Waals surface area contributed by atoms with E-state index in [-0.39, 0.29) is 31.3 Å². The lowest BCUT2D eigenvalue weighted by molar-refractivity contribution is -0.123. The fraction of sp³-hybridized carbons (Fsp3) is 0.280. The average molecular weight is 428 g/mol. The number of aliphatic imine (C=N–C) groups is 1. The van der Waals surface area contributed by atoms with E-state index in [9.17, 15) is 9.59 Å². The Morgan fingerprint density at radius 1 is 1.28 bits per heavy atom. The molecule has 1 heterocycles. The molecule has 4 rings (SSSR count). The number of benzene rings is 2. The molecule has 0 atom stereocenters. The molecule has 0 saturated heterocycles. The Hall–Kier alpha value is -3.92. The van der Waals surface area contributed by atoms with Crippen LogP contribution in [0.3, 0.4) is 0 Å². The minimum atomic E-state index is -0.469. The van der Waals surface area contributed by atoms with E-state index >= 15 is 0 Å². The third-order valence-corrected chi connectivity index (χ3v) is 5.85. The predicted molar refractivity (Wildman–Crippen MR) is 122 cm³/mol. The molecule has 162 valence electrons. The lowest BCUT2D eigenvalue weighted by Gasteiger charge is -2.32. The Morgan fingerprint density at radius 2 is 2.09 bits per heavy atom. The molecule has 0 fully saturated rings. The Bertz CT molecular complexity index is 1280. The molecule has 7 nitrogen and oxygen atoms in total. The summed E-state index contributed by atoms with van der Waals surface area (Å²) < 4.78 is 5.65. The Morgan fingerprint density at radius 3 is 2.84 bits per heavy atom. The van der Waals surface area contributed by atoms with E-state index in [1.807, 2.05) is 30.3 Å². The Labute approximate surface area is 186 Å². The highest BCUT2D eigenvalue weighted by atomic mass is 16.5. The minimum absolute atomic E-state index is 0.0315. The number of carbonyl (C=O) groups is 2. The highest BCUT2D eigenvalue weighted by molar-refractivity contribution is 6.20. The van der Waals surface area contributed by atoms with Gasteiger partial charge in [-0.15, -0.1) is 0 Å². The number of rotatable bonds is 7. The van der Waals surface area contributed by atoms with Crippen LogP contribution in [0, 0.1) is 11.3 Å². The van der Waals surface area contributed by atoms with Crippen molar-refractivity contribution in [1.29, 1.82) is 5.26 Å². The summed E-state index contributed by atoms with van der Waals surface area (Å²) in [5, 5.41) is 12.1. The third kappa shape index (κ3) is 3.65. The van der Waals surface area contributed by atoms with Gasteiger partial charge in [-0.05, 0) is 42.1 Å². The number of ketones is 1. The zero-order valence-corrected chi connectivity index (χ0v) is 18.1. The number of nitrogens with zero attached hydrogens (tertiary/aromatic N) is 2. The molecule has 1 aliphatic rings. The van der Waals surface area contributed by atoms with Crippen molar-refractivity contribution in [3.05, 3.63) is 64.3 Å². The van der Waals surface area contributed by atoms with E-state index in [1.54, 1.807) is 12.1 Å². The molecule has 0 bridgehead atoms. The van der Waals surface area contributed by atoms with Gasteiger partial charge in [0.2, 0.25) is 0 Å². The van der Waals surface area contributed by atoms with Gasteiger partial charge >= 0.3 is 0 Å². The molecule has 2 aromatic carbocycles. The average Bonchev–Trinajstić information content (AvgIpc) is 3.17. The second kappa shape index (κ2) is 8.31. The molecule has 3 aromatic rings. The van der Waals surface area contributed by atoms with Crippen molar-refractivity contribution in [2.24, 2.45) is 4.99 Å². The monoisotopic (exact) mass is 428 g/mol. The smallest absolute Gasteiger partial charge is 0.257 e. The number of hydrogen-bond donors (Lipinski definition) is 2. The first-order chi connectivity index (χ1) is 15.4. The SMILES string of the molecule is C=NCc1ccc2c3c([nH]c2c1)C(C)(C)c1cc(OCC(=O)NCCC#N)ccc1C3=O. The molecule has 0 unspecified atom stereocenters. The first-order valence-electron chi connectivity index (χ1n) is 10.4. The summed E-state index contributed by atoms with van der Waals surface area (Å²) in [6, 6.07) is 13.2. The Kier molecular flexibility index (Phi) is 5.54. The second-order valence-electron chi connectivity index (χ2n) is 8.34. The van der Waals surface area contributed by atoms with Gasteiger partial charge in [-0.3, -0.25) is 14.6 Å². The number of aromatic nitrogens is 1. The standard InChI is InChI=1S/C25H24N4O3/c1-25(2)19-12-16(32-14-21(30)28-10-4-9-26)6-8-17(19)23(31)22-18-7-5-15(13-27-3)11-20(18)29-24(22)25/h5-8,11-12,29H,3-4,10,13-14H2,1-2H3,(H,28,30). The zero-order valence-electron chi connectivity index (χ0n) is 18.1. The molecular formula is C25H24N4O3. The zero-order chi connectivity index (χ0) is 22.9. The molecule has 2 N–H and O–H groups in total. The first-order valence-corrected chi connectivity index (χ1v) is 10.4. The lowest BCUT2D eigenvalue weighted by Crippen LogP contribution is -2.31. The molecule has 1 aliphatic carbocycles. The maximum Gasteiger partial charge on any atom is 0.257 e. The van der Waals surface area contributed by atoms with Crippen LogP contribution in [-0.4, -0.2) is 36.5 Å². The number of ether oxygens (including phenoxy) is 1. The molecule has 32 heavy (non-hydrogen) atoms. The van der Waals surface area contributed by atoms with Crippen LogP contribution in [0.5, 0.6) is 5.75 Å². The number of amides is 1. The van der Waals surface area contributed by atoms with Gasteiger partial charge in [0.25, 0.3) is 5.91 Å². The highest BCUT2D eigenvalue weighted by Gasteiger charge is 2.39. The van der Waals surface area contributed by atoms with Gasteiger partial charge in [-0.25, -0.2) is 0 Å². The number of carbonyl (C=O) groups excluding carboxylic acids is 2.